The largest absolute Gasteiger partial charge is 0.481 e. The van der Waals surface area contributed by atoms with Crippen molar-refractivity contribution < 1.29 is 19.4 Å². The van der Waals surface area contributed by atoms with Gasteiger partial charge in [0.1, 0.15) is 0 Å². The average Bonchev–Trinajstić information content (AvgIpc) is 2.76. The number of nitrogens with zero attached hydrogens (tertiary/aromatic N) is 1. The Bertz CT molecular complexity index is 278. The standard InChI is InChI=1S/C12H21NO4/c1-9(11(14)15)10(2)13-5-3-12(4-6-13)16-7-8-17-12/h9-10H,3-8H2,1-2H3,(H,14,15). The molecule has 0 amide bonds. The number of carboxylic acids is 1. The minimum absolute atomic E-state index is 0.0613. The van der Waals surface area contributed by atoms with Crippen LogP contribution in [0.3, 0.4) is 0 Å². The highest BCUT2D eigenvalue weighted by atomic mass is 16.7. The van der Waals surface area contributed by atoms with Crippen LogP contribution in [0.25, 0.3) is 0 Å². The van der Waals surface area contributed by atoms with Crippen LogP contribution in [-0.4, -0.2) is 54.1 Å². The molecule has 2 saturated heterocycles. The SMILES string of the molecule is CC(C(=O)O)C(C)N1CCC2(CC1)OCCO2. The predicted molar refractivity (Wildman–Crippen MR) is 61.7 cm³/mol. The molecule has 2 unspecified atom stereocenters. The Morgan fingerprint density at radius 1 is 1.24 bits per heavy atom. The van der Waals surface area contributed by atoms with Gasteiger partial charge in [0.2, 0.25) is 0 Å². The lowest BCUT2D eigenvalue weighted by molar-refractivity contribution is -0.189. The van der Waals surface area contributed by atoms with Crippen LogP contribution in [-0.2, 0) is 14.3 Å². The van der Waals surface area contributed by atoms with Gasteiger partial charge in [0.05, 0.1) is 19.1 Å². The molecule has 0 radical (unpaired) electrons. The van der Waals surface area contributed by atoms with E-state index in [1.165, 1.54) is 0 Å². The summed E-state index contributed by atoms with van der Waals surface area (Å²) in [4.78, 5) is 13.2. The van der Waals surface area contributed by atoms with Gasteiger partial charge >= 0.3 is 5.97 Å². The van der Waals surface area contributed by atoms with E-state index < -0.39 is 5.97 Å². The van der Waals surface area contributed by atoms with Crippen LogP contribution < -0.4 is 0 Å². The van der Waals surface area contributed by atoms with E-state index in [1.54, 1.807) is 6.92 Å². The monoisotopic (exact) mass is 243 g/mol. The molecular weight excluding hydrogens is 222 g/mol. The highest BCUT2D eigenvalue weighted by molar-refractivity contribution is 5.70. The van der Waals surface area contributed by atoms with Crippen LogP contribution in [0.15, 0.2) is 0 Å². The first-order valence-corrected chi connectivity index (χ1v) is 6.29. The summed E-state index contributed by atoms with van der Waals surface area (Å²) in [6, 6.07) is 0.0613. The van der Waals surface area contributed by atoms with Crippen LogP contribution in [0.5, 0.6) is 0 Å². The van der Waals surface area contributed by atoms with Crippen molar-refractivity contribution in [3.63, 3.8) is 0 Å². The fourth-order valence-electron chi connectivity index (χ4n) is 2.58. The molecule has 0 aromatic heterocycles. The molecule has 98 valence electrons. The van der Waals surface area contributed by atoms with Crippen molar-refractivity contribution in [1.29, 1.82) is 0 Å². The zero-order valence-electron chi connectivity index (χ0n) is 10.5. The van der Waals surface area contributed by atoms with Gasteiger partial charge in [0.15, 0.2) is 5.79 Å². The minimum Gasteiger partial charge on any atom is -0.481 e. The van der Waals surface area contributed by atoms with E-state index >= 15 is 0 Å². The molecule has 17 heavy (non-hydrogen) atoms. The molecule has 1 N–H and O–H groups in total. The van der Waals surface area contributed by atoms with Crippen molar-refractivity contribution in [3.05, 3.63) is 0 Å². The van der Waals surface area contributed by atoms with Gasteiger partial charge in [0.25, 0.3) is 0 Å². The molecule has 0 aromatic carbocycles. The maximum atomic E-state index is 11.0. The molecule has 0 aliphatic carbocycles. The van der Waals surface area contributed by atoms with Crippen LogP contribution in [0, 0.1) is 5.92 Å². The Morgan fingerprint density at radius 3 is 2.24 bits per heavy atom. The topological polar surface area (TPSA) is 59.0 Å². The van der Waals surface area contributed by atoms with E-state index in [4.69, 9.17) is 14.6 Å². The zero-order chi connectivity index (χ0) is 12.5. The summed E-state index contributed by atoms with van der Waals surface area (Å²) in [5, 5.41) is 9.01. The molecule has 2 rings (SSSR count). The molecular formula is C12H21NO4. The number of ether oxygens (including phenoxy) is 2. The normalized spacial score (nSPS) is 28.1. The number of carbonyl (C=O) groups is 1. The van der Waals surface area contributed by atoms with Crippen molar-refractivity contribution in [2.45, 2.75) is 38.5 Å². The third-order valence-electron chi connectivity index (χ3n) is 4.06. The molecule has 0 saturated carbocycles. The first-order chi connectivity index (χ1) is 8.04. The van der Waals surface area contributed by atoms with Crippen molar-refractivity contribution in [1.82, 2.24) is 4.90 Å². The molecule has 5 nitrogen and oxygen atoms in total. The molecule has 0 bridgehead atoms. The maximum absolute atomic E-state index is 11.0. The molecule has 2 heterocycles. The Morgan fingerprint density at radius 2 is 1.76 bits per heavy atom. The fourth-order valence-corrected chi connectivity index (χ4v) is 2.58. The van der Waals surface area contributed by atoms with Gasteiger partial charge in [-0.3, -0.25) is 9.69 Å². The molecule has 5 heteroatoms. The van der Waals surface area contributed by atoms with E-state index in [-0.39, 0.29) is 17.7 Å². The van der Waals surface area contributed by atoms with E-state index in [1.807, 2.05) is 6.92 Å². The maximum Gasteiger partial charge on any atom is 0.307 e. The number of hydrogen-bond acceptors (Lipinski definition) is 4. The molecule has 0 aromatic rings. The molecule has 2 fully saturated rings. The van der Waals surface area contributed by atoms with Crippen molar-refractivity contribution in [2.24, 2.45) is 5.92 Å². The Balaban J connectivity index is 1.88. The lowest BCUT2D eigenvalue weighted by atomic mass is 9.97. The molecule has 2 aliphatic rings. The Kier molecular flexibility index (Phi) is 3.70. The second kappa shape index (κ2) is 4.92. The van der Waals surface area contributed by atoms with E-state index in [2.05, 4.69) is 4.90 Å². The summed E-state index contributed by atoms with van der Waals surface area (Å²) in [5.41, 5.74) is 0. The highest BCUT2D eigenvalue weighted by Crippen LogP contribution is 2.32. The predicted octanol–water partition coefficient (Wildman–Crippen LogP) is 0.934. The van der Waals surface area contributed by atoms with E-state index in [0.717, 1.165) is 25.9 Å². The summed E-state index contributed by atoms with van der Waals surface area (Å²) in [6.07, 6.45) is 1.67. The third kappa shape index (κ3) is 2.61. The lowest BCUT2D eigenvalue weighted by Crippen LogP contribution is -2.50. The van der Waals surface area contributed by atoms with Gasteiger partial charge in [-0.15, -0.1) is 0 Å². The molecule has 1 spiro atoms. The van der Waals surface area contributed by atoms with Crippen LogP contribution in [0.2, 0.25) is 0 Å². The first-order valence-electron chi connectivity index (χ1n) is 6.29. The number of rotatable bonds is 3. The van der Waals surface area contributed by atoms with Crippen molar-refractivity contribution >= 4 is 5.97 Å². The summed E-state index contributed by atoms with van der Waals surface area (Å²) in [7, 11) is 0. The van der Waals surface area contributed by atoms with Crippen molar-refractivity contribution in [2.75, 3.05) is 26.3 Å². The smallest absolute Gasteiger partial charge is 0.307 e. The Labute approximate surface area is 102 Å². The van der Waals surface area contributed by atoms with Gasteiger partial charge in [-0.25, -0.2) is 0 Å². The average molecular weight is 243 g/mol. The first kappa shape index (κ1) is 12.8. The van der Waals surface area contributed by atoms with Gasteiger partial charge in [-0.2, -0.15) is 0 Å². The fraction of sp³-hybridized carbons (Fsp3) is 0.917. The summed E-state index contributed by atoms with van der Waals surface area (Å²) in [5.74, 6) is -1.44. The Hall–Kier alpha value is -0.650. The number of piperidine rings is 1. The van der Waals surface area contributed by atoms with Gasteiger partial charge in [-0.05, 0) is 6.92 Å². The van der Waals surface area contributed by atoms with Crippen LogP contribution in [0.1, 0.15) is 26.7 Å². The van der Waals surface area contributed by atoms with Crippen LogP contribution >= 0.6 is 0 Å². The highest BCUT2D eigenvalue weighted by Gasteiger charge is 2.41. The van der Waals surface area contributed by atoms with E-state index in [9.17, 15) is 4.79 Å². The summed E-state index contributed by atoms with van der Waals surface area (Å²) >= 11 is 0. The second-order valence-corrected chi connectivity index (χ2v) is 5.01. The van der Waals surface area contributed by atoms with Gasteiger partial charge < -0.3 is 14.6 Å². The van der Waals surface area contributed by atoms with Gasteiger partial charge in [-0.1, -0.05) is 6.92 Å². The molecule has 2 atom stereocenters. The number of carboxylic acid groups (broad SMARTS) is 1. The van der Waals surface area contributed by atoms with Crippen LogP contribution in [0.4, 0.5) is 0 Å². The zero-order valence-corrected chi connectivity index (χ0v) is 10.5. The number of likely N-dealkylation sites (tertiary alicyclic amines) is 1. The minimum atomic E-state index is -0.730. The number of hydrogen-bond donors (Lipinski definition) is 1. The number of aliphatic carboxylic acids is 1. The summed E-state index contributed by atoms with van der Waals surface area (Å²) in [6.45, 7) is 6.80. The quantitative estimate of drug-likeness (QED) is 0.799. The third-order valence-corrected chi connectivity index (χ3v) is 4.06. The van der Waals surface area contributed by atoms with E-state index in [0.29, 0.717) is 13.2 Å². The molecule has 2 aliphatic heterocycles. The second-order valence-electron chi connectivity index (χ2n) is 5.01. The summed E-state index contributed by atoms with van der Waals surface area (Å²) < 4.78 is 11.3. The lowest BCUT2D eigenvalue weighted by Gasteiger charge is -2.41. The van der Waals surface area contributed by atoms with Gasteiger partial charge in [0, 0.05) is 32.0 Å². The van der Waals surface area contributed by atoms with Crippen molar-refractivity contribution in [3.8, 4) is 0 Å².